The van der Waals surface area contributed by atoms with Crippen molar-refractivity contribution < 1.29 is 14.3 Å². The molecule has 1 aromatic carbocycles. The van der Waals surface area contributed by atoms with E-state index in [2.05, 4.69) is 5.32 Å². The van der Waals surface area contributed by atoms with Crippen LogP contribution in [0.3, 0.4) is 0 Å². The number of carbonyl (C=O) groups excluding carboxylic acids is 2. The largest absolute Gasteiger partial charge is 0.383 e. The molecule has 20 heavy (non-hydrogen) atoms. The normalized spacial score (nSPS) is 14.7. The smallest absolute Gasteiger partial charge is 0.251 e. The van der Waals surface area contributed by atoms with Gasteiger partial charge in [-0.1, -0.05) is 12.1 Å². The van der Waals surface area contributed by atoms with Crippen LogP contribution in [0.1, 0.15) is 28.8 Å². The number of benzene rings is 1. The second-order valence-corrected chi connectivity index (χ2v) is 4.86. The van der Waals surface area contributed by atoms with Gasteiger partial charge in [0, 0.05) is 38.7 Å². The van der Waals surface area contributed by atoms with Crippen LogP contribution in [-0.4, -0.2) is 43.5 Å². The van der Waals surface area contributed by atoms with Crippen LogP contribution in [0.2, 0.25) is 0 Å². The van der Waals surface area contributed by atoms with E-state index in [-0.39, 0.29) is 11.8 Å². The average molecular weight is 276 g/mol. The van der Waals surface area contributed by atoms with Crippen molar-refractivity contribution in [3.63, 3.8) is 0 Å². The first-order chi connectivity index (χ1) is 9.70. The Balaban J connectivity index is 1.89. The van der Waals surface area contributed by atoms with E-state index in [1.54, 1.807) is 19.2 Å². The summed E-state index contributed by atoms with van der Waals surface area (Å²) < 4.78 is 4.88. The van der Waals surface area contributed by atoms with Crippen LogP contribution in [0.5, 0.6) is 0 Å². The second kappa shape index (κ2) is 7.05. The van der Waals surface area contributed by atoms with Gasteiger partial charge in [0.2, 0.25) is 5.91 Å². The molecule has 0 aromatic heterocycles. The Hall–Kier alpha value is -1.88. The number of rotatable bonds is 6. The molecule has 0 bridgehead atoms. The van der Waals surface area contributed by atoms with Crippen molar-refractivity contribution in [2.24, 2.45) is 0 Å². The molecule has 1 heterocycles. The summed E-state index contributed by atoms with van der Waals surface area (Å²) >= 11 is 0. The molecule has 1 aliphatic rings. The minimum Gasteiger partial charge on any atom is -0.383 e. The van der Waals surface area contributed by atoms with Gasteiger partial charge in [0.05, 0.1) is 6.61 Å². The van der Waals surface area contributed by atoms with Crippen LogP contribution in [0, 0.1) is 0 Å². The Morgan fingerprint density at radius 3 is 2.70 bits per heavy atom. The summed E-state index contributed by atoms with van der Waals surface area (Å²) in [4.78, 5) is 25.2. The minimum absolute atomic E-state index is 0.106. The van der Waals surface area contributed by atoms with Crippen molar-refractivity contribution in [3.05, 3.63) is 35.4 Å². The molecule has 0 unspecified atom stereocenters. The fourth-order valence-corrected chi connectivity index (χ4v) is 2.22. The average Bonchev–Trinajstić information content (AvgIpc) is 2.85. The summed E-state index contributed by atoms with van der Waals surface area (Å²) in [7, 11) is 1.60. The number of likely N-dealkylation sites (tertiary alicyclic amines) is 1. The second-order valence-electron chi connectivity index (χ2n) is 4.86. The van der Waals surface area contributed by atoms with Gasteiger partial charge in [0.1, 0.15) is 0 Å². The maximum atomic E-state index is 11.8. The molecule has 1 aliphatic heterocycles. The lowest BCUT2D eigenvalue weighted by Gasteiger charge is -2.15. The topological polar surface area (TPSA) is 58.6 Å². The zero-order chi connectivity index (χ0) is 14.4. The van der Waals surface area contributed by atoms with Gasteiger partial charge < -0.3 is 15.0 Å². The molecule has 1 N–H and O–H groups in total. The summed E-state index contributed by atoms with van der Waals surface area (Å²) in [6.07, 6.45) is 1.60. The van der Waals surface area contributed by atoms with Gasteiger partial charge in [-0.3, -0.25) is 9.59 Å². The summed E-state index contributed by atoms with van der Waals surface area (Å²) in [6, 6.07) is 7.38. The van der Waals surface area contributed by atoms with Crippen LogP contribution in [0.4, 0.5) is 0 Å². The first-order valence-electron chi connectivity index (χ1n) is 6.84. The number of nitrogens with zero attached hydrogens (tertiary/aromatic N) is 1. The van der Waals surface area contributed by atoms with Crippen molar-refractivity contribution in [2.75, 3.05) is 26.8 Å². The van der Waals surface area contributed by atoms with Crippen molar-refractivity contribution >= 4 is 11.8 Å². The third-order valence-corrected chi connectivity index (χ3v) is 3.35. The van der Waals surface area contributed by atoms with Gasteiger partial charge in [0.15, 0.2) is 0 Å². The SMILES string of the molecule is COCCNC(=O)c1ccc(CN2CCCC2=O)cc1. The minimum atomic E-state index is -0.106. The fraction of sp³-hybridized carbons (Fsp3) is 0.467. The van der Waals surface area contributed by atoms with E-state index in [1.807, 2.05) is 17.0 Å². The zero-order valence-electron chi connectivity index (χ0n) is 11.7. The molecule has 0 spiro atoms. The lowest BCUT2D eigenvalue weighted by atomic mass is 10.1. The van der Waals surface area contributed by atoms with Gasteiger partial charge >= 0.3 is 0 Å². The van der Waals surface area contributed by atoms with Gasteiger partial charge in [-0.25, -0.2) is 0 Å². The third kappa shape index (κ3) is 3.81. The molecular formula is C15H20N2O3. The van der Waals surface area contributed by atoms with Crippen LogP contribution >= 0.6 is 0 Å². The number of ether oxygens (including phenoxy) is 1. The van der Waals surface area contributed by atoms with E-state index < -0.39 is 0 Å². The monoisotopic (exact) mass is 276 g/mol. The number of amides is 2. The molecule has 5 heteroatoms. The maximum Gasteiger partial charge on any atom is 0.251 e. The lowest BCUT2D eigenvalue weighted by Crippen LogP contribution is -2.27. The molecule has 1 aromatic rings. The van der Waals surface area contributed by atoms with E-state index in [4.69, 9.17) is 4.74 Å². The first-order valence-corrected chi connectivity index (χ1v) is 6.84. The highest BCUT2D eigenvalue weighted by Gasteiger charge is 2.19. The summed E-state index contributed by atoms with van der Waals surface area (Å²) in [5.41, 5.74) is 1.67. The Labute approximate surface area is 118 Å². The summed E-state index contributed by atoms with van der Waals surface area (Å²) in [5, 5.41) is 2.77. The number of nitrogens with one attached hydrogen (secondary N) is 1. The van der Waals surface area contributed by atoms with Crippen LogP contribution in [0.15, 0.2) is 24.3 Å². The number of carbonyl (C=O) groups is 2. The molecule has 108 valence electrons. The van der Waals surface area contributed by atoms with E-state index in [9.17, 15) is 9.59 Å². The fourth-order valence-electron chi connectivity index (χ4n) is 2.22. The predicted molar refractivity (Wildman–Crippen MR) is 75.3 cm³/mol. The molecule has 2 amide bonds. The van der Waals surface area contributed by atoms with E-state index >= 15 is 0 Å². The lowest BCUT2D eigenvalue weighted by molar-refractivity contribution is -0.128. The Morgan fingerprint density at radius 2 is 2.10 bits per heavy atom. The molecule has 1 saturated heterocycles. The molecular weight excluding hydrogens is 256 g/mol. The van der Waals surface area contributed by atoms with Crippen LogP contribution < -0.4 is 5.32 Å². The highest BCUT2D eigenvalue weighted by atomic mass is 16.5. The van der Waals surface area contributed by atoms with Crippen molar-refractivity contribution in [1.82, 2.24) is 10.2 Å². The maximum absolute atomic E-state index is 11.8. The molecule has 5 nitrogen and oxygen atoms in total. The summed E-state index contributed by atoms with van der Waals surface area (Å²) in [5.74, 6) is 0.109. The third-order valence-electron chi connectivity index (χ3n) is 3.35. The van der Waals surface area contributed by atoms with E-state index in [0.717, 1.165) is 18.5 Å². The molecule has 0 atom stereocenters. The van der Waals surface area contributed by atoms with Crippen molar-refractivity contribution in [3.8, 4) is 0 Å². The van der Waals surface area contributed by atoms with Crippen molar-refractivity contribution in [1.29, 1.82) is 0 Å². The van der Waals surface area contributed by atoms with Crippen LogP contribution in [0.25, 0.3) is 0 Å². The quantitative estimate of drug-likeness (QED) is 0.794. The Morgan fingerprint density at radius 1 is 1.35 bits per heavy atom. The van der Waals surface area contributed by atoms with Crippen LogP contribution in [-0.2, 0) is 16.1 Å². The van der Waals surface area contributed by atoms with Gasteiger partial charge in [0.25, 0.3) is 5.91 Å². The standard InChI is InChI=1S/C15H20N2O3/c1-20-10-8-16-15(19)13-6-4-12(5-7-13)11-17-9-2-3-14(17)18/h4-7H,2-3,8-11H2,1H3,(H,16,19). The van der Waals surface area contributed by atoms with Gasteiger partial charge in [-0.05, 0) is 24.1 Å². The molecule has 2 rings (SSSR count). The molecule has 1 fully saturated rings. The Kier molecular flexibility index (Phi) is 5.12. The predicted octanol–water partition coefficient (Wildman–Crippen LogP) is 1.19. The zero-order valence-corrected chi connectivity index (χ0v) is 11.7. The number of methoxy groups -OCH3 is 1. The van der Waals surface area contributed by atoms with E-state index in [1.165, 1.54) is 0 Å². The molecule has 0 aliphatic carbocycles. The Bertz CT molecular complexity index is 471. The first kappa shape index (κ1) is 14.5. The summed E-state index contributed by atoms with van der Waals surface area (Å²) in [6.45, 7) is 2.46. The van der Waals surface area contributed by atoms with E-state index in [0.29, 0.717) is 31.7 Å². The highest BCUT2D eigenvalue weighted by molar-refractivity contribution is 5.94. The molecule has 0 radical (unpaired) electrons. The highest BCUT2D eigenvalue weighted by Crippen LogP contribution is 2.14. The number of hydrogen-bond acceptors (Lipinski definition) is 3. The van der Waals surface area contributed by atoms with Crippen molar-refractivity contribution in [2.45, 2.75) is 19.4 Å². The van der Waals surface area contributed by atoms with Gasteiger partial charge in [-0.15, -0.1) is 0 Å². The van der Waals surface area contributed by atoms with Gasteiger partial charge in [-0.2, -0.15) is 0 Å². The molecule has 0 saturated carbocycles. The number of hydrogen-bond donors (Lipinski definition) is 1.